The van der Waals surface area contributed by atoms with E-state index in [1.807, 2.05) is 12.1 Å². The van der Waals surface area contributed by atoms with Crippen LogP contribution in [-0.4, -0.2) is 0 Å². The number of benzene rings is 7. The van der Waals surface area contributed by atoms with Crippen LogP contribution in [0.2, 0.25) is 0 Å². The smallest absolute Gasteiger partial charge is 0.150 e. The molecule has 0 spiro atoms. The molecule has 0 N–H and O–H groups in total. The summed E-state index contributed by atoms with van der Waals surface area (Å²) in [6, 6.07) is 47.6. The fourth-order valence-electron chi connectivity index (χ4n) is 8.90. The standard InChI is InChI=1S/C51H40Br2O3/c1-49(2,3)29-15-17-31(18-16-29)51(32-21-25-34(26-22-32)54-33-23-19-30(20-24-33)50(4,5)6)37-28-40(53)47-44(36-12-8-10-14-42(36)55-47)45(37)46-38(51)27-39(52)43-35-11-7-9-13-41(35)56-48(43)46/h7-28H,1-6H3. The minimum absolute atomic E-state index is 0.00434. The first-order chi connectivity index (χ1) is 26.8. The third-order valence-corrected chi connectivity index (χ3v) is 12.9. The van der Waals surface area contributed by atoms with Crippen molar-refractivity contribution in [1.82, 2.24) is 0 Å². The third-order valence-electron chi connectivity index (χ3n) is 11.7. The molecule has 56 heavy (non-hydrogen) atoms. The van der Waals surface area contributed by atoms with E-state index in [1.165, 1.54) is 16.7 Å². The monoisotopic (exact) mass is 858 g/mol. The highest BCUT2D eigenvalue weighted by atomic mass is 79.9. The molecule has 2 aromatic heterocycles. The van der Waals surface area contributed by atoms with E-state index in [9.17, 15) is 0 Å². The number of fused-ring (bicyclic) bond motifs is 11. The molecule has 9 aromatic rings. The second-order valence-corrected chi connectivity index (χ2v) is 18.9. The van der Waals surface area contributed by atoms with Gasteiger partial charge in [0.1, 0.15) is 33.8 Å². The Morgan fingerprint density at radius 3 is 1.50 bits per heavy atom. The van der Waals surface area contributed by atoms with Crippen LogP contribution < -0.4 is 4.74 Å². The minimum Gasteiger partial charge on any atom is -0.457 e. The number of ether oxygens (including phenoxy) is 1. The van der Waals surface area contributed by atoms with Crippen molar-refractivity contribution in [2.75, 3.05) is 0 Å². The van der Waals surface area contributed by atoms with Gasteiger partial charge in [-0.1, -0.05) is 142 Å². The maximum Gasteiger partial charge on any atom is 0.150 e. The molecular formula is C51H40Br2O3. The highest BCUT2D eigenvalue weighted by molar-refractivity contribution is 9.11. The van der Waals surface area contributed by atoms with E-state index < -0.39 is 5.41 Å². The van der Waals surface area contributed by atoms with Crippen molar-refractivity contribution in [3.05, 3.63) is 176 Å². The summed E-state index contributed by atoms with van der Waals surface area (Å²) in [5, 5.41) is 4.28. The predicted molar refractivity (Wildman–Crippen MR) is 238 cm³/mol. The number of hydrogen-bond acceptors (Lipinski definition) is 3. The molecule has 0 fully saturated rings. The van der Waals surface area contributed by atoms with Gasteiger partial charge in [0, 0.05) is 37.1 Å². The Morgan fingerprint density at radius 2 is 0.929 bits per heavy atom. The summed E-state index contributed by atoms with van der Waals surface area (Å²) in [4.78, 5) is 0. The van der Waals surface area contributed by atoms with Crippen LogP contribution >= 0.6 is 31.9 Å². The summed E-state index contributed by atoms with van der Waals surface area (Å²) in [5.41, 5.74) is 12.1. The van der Waals surface area contributed by atoms with Gasteiger partial charge in [0.05, 0.1) is 9.89 Å². The van der Waals surface area contributed by atoms with Crippen LogP contribution in [0.4, 0.5) is 0 Å². The largest absolute Gasteiger partial charge is 0.457 e. The van der Waals surface area contributed by atoms with Gasteiger partial charge in [-0.2, -0.15) is 0 Å². The maximum atomic E-state index is 6.95. The molecule has 0 radical (unpaired) electrons. The molecule has 5 heteroatoms. The highest BCUT2D eigenvalue weighted by Gasteiger charge is 2.49. The van der Waals surface area contributed by atoms with Gasteiger partial charge in [0.2, 0.25) is 0 Å². The summed E-state index contributed by atoms with van der Waals surface area (Å²) in [5.74, 6) is 1.59. The molecule has 276 valence electrons. The number of halogens is 2. The second-order valence-electron chi connectivity index (χ2n) is 17.1. The summed E-state index contributed by atoms with van der Waals surface area (Å²) in [7, 11) is 0. The molecule has 1 aliphatic rings. The zero-order chi connectivity index (χ0) is 38.7. The van der Waals surface area contributed by atoms with Crippen LogP contribution in [0.3, 0.4) is 0 Å². The number of rotatable bonds is 4. The Bertz CT molecular complexity index is 3010. The van der Waals surface area contributed by atoms with Gasteiger partial charge in [-0.15, -0.1) is 0 Å². The quantitative estimate of drug-likeness (QED) is 0.177. The van der Waals surface area contributed by atoms with Crippen LogP contribution in [-0.2, 0) is 16.2 Å². The highest BCUT2D eigenvalue weighted by Crippen LogP contribution is 2.62. The van der Waals surface area contributed by atoms with Crippen molar-refractivity contribution in [2.45, 2.75) is 57.8 Å². The molecule has 0 amide bonds. The summed E-state index contributed by atoms with van der Waals surface area (Å²) < 4.78 is 22.0. The lowest BCUT2D eigenvalue weighted by Gasteiger charge is -2.34. The van der Waals surface area contributed by atoms with E-state index in [-0.39, 0.29) is 10.8 Å². The topological polar surface area (TPSA) is 35.5 Å². The lowest BCUT2D eigenvalue weighted by Crippen LogP contribution is -2.29. The Labute approximate surface area is 343 Å². The predicted octanol–water partition coefficient (Wildman–Crippen LogP) is 15.8. The lowest BCUT2D eigenvalue weighted by atomic mass is 9.67. The van der Waals surface area contributed by atoms with Gasteiger partial charge in [-0.3, -0.25) is 0 Å². The Balaban J connectivity index is 1.30. The molecule has 7 aromatic carbocycles. The van der Waals surface area contributed by atoms with Gasteiger partial charge in [0.15, 0.2) is 0 Å². The summed E-state index contributed by atoms with van der Waals surface area (Å²) >= 11 is 8.10. The van der Waals surface area contributed by atoms with Gasteiger partial charge >= 0.3 is 0 Å². The van der Waals surface area contributed by atoms with E-state index in [0.29, 0.717) is 0 Å². The van der Waals surface area contributed by atoms with Crippen molar-refractivity contribution in [2.24, 2.45) is 0 Å². The molecule has 0 bridgehead atoms. The van der Waals surface area contributed by atoms with Gasteiger partial charge < -0.3 is 13.6 Å². The van der Waals surface area contributed by atoms with E-state index in [2.05, 4.69) is 195 Å². The number of hydrogen-bond donors (Lipinski definition) is 0. The molecule has 1 aliphatic carbocycles. The molecule has 2 heterocycles. The van der Waals surface area contributed by atoms with Crippen LogP contribution in [0.1, 0.15) is 74.9 Å². The fraction of sp³-hybridized carbons (Fsp3) is 0.176. The normalized spacial score (nSPS) is 15.6. The minimum atomic E-state index is -0.737. The zero-order valence-electron chi connectivity index (χ0n) is 32.2. The lowest BCUT2D eigenvalue weighted by molar-refractivity contribution is 0.481. The third kappa shape index (κ3) is 5.20. The van der Waals surface area contributed by atoms with Gasteiger partial charge in [-0.05, 0) is 109 Å². The van der Waals surface area contributed by atoms with Crippen LogP contribution in [0.25, 0.3) is 55.0 Å². The Morgan fingerprint density at radius 1 is 0.482 bits per heavy atom. The van der Waals surface area contributed by atoms with Crippen molar-refractivity contribution in [3.8, 4) is 22.6 Å². The van der Waals surface area contributed by atoms with E-state index >= 15 is 0 Å². The summed E-state index contributed by atoms with van der Waals surface area (Å²) in [6.45, 7) is 13.5. The van der Waals surface area contributed by atoms with Gasteiger partial charge in [-0.25, -0.2) is 0 Å². The zero-order valence-corrected chi connectivity index (χ0v) is 35.4. The van der Waals surface area contributed by atoms with Gasteiger partial charge in [0.25, 0.3) is 0 Å². The molecule has 3 nitrogen and oxygen atoms in total. The van der Waals surface area contributed by atoms with Crippen LogP contribution in [0.5, 0.6) is 11.5 Å². The average Bonchev–Trinajstić information content (AvgIpc) is 3.84. The van der Waals surface area contributed by atoms with Crippen molar-refractivity contribution in [3.63, 3.8) is 0 Å². The number of furan rings is 2. The fourth-order valence-corrected chi connectivity index (χ4v) is 10.0. The molecule has 0 aliphatic heterocycles. The molecule has 1 atom stereocenters. The molecule has 0 saturated carbocycles. The van der Waals surface area contributed by atoms with E-state index in [4.69, 9.17) is 13.6 Å². The van der Waals surface area contributed by atoms with Crippen LogP contribution in [0.15, 0.2) is 151 Å². The van der Waals surface area contributed by atoms with Crippen molar-refractivity contribution < 1.29 is 13.6 Å². The van der Waals surface area contributed by atoms with Crippen molar-refractivity contribution >= 4 is 75.7 Å². The van der Waals surface area contributed by atoms with Crippen molar-refractivity contribution in [1.29, 1.82) is 0 Å². The average molecular weight is 861 g/mol. The first-order valence-corrected chi connectivity index (χ1v) is 20.7. The number of para-hydroxylation sites is 2. The molecule has 0 saturated heterocycles. The molecular weight excluding hydrogens is 820 g/mol. The van der Waals surface area contributed by atoms with E-state index in [1.54, 1.807) is 0 Å². The first kappa shape index (κ1) is 35.3. The summed E-state index contributed by atoms with van der Waals surface area (Å²) in [6.07, 6.45) is 0. The Hall–Kier alpha value is -5.10. The van der Waals surface area contributed by atoms with Crippen LogP contribution in [0, 0.1) is 0 Å². The SMILES string of the molecule is CC(C)(C)c1ccc(Oc2ccc(C3(c4ccc(C(C)(C)C)cc4)c4cc(Br)c5c(oc6ccccc65)c4-c4c3cc(Br)c3oc5ccccc5c43)cc2)cc1. The first-order valence-electron chi connectivity index (χ1n) is 19.1. The molecule has 10 rings (SSSR count). The maximum absolute atomic E-state index is 6.95. The molecule has 1 unspecified atom stereocenters. The Kier molecular flexibility index (Phi) is 7.85. The second kappa shape index (κ2) is 12.4. The van der Waals surface area contributed by atoms with E-state index in [0.717, 1.165) is 92.1 Å².